The first kappa shape index (κ1) is 19.1. The molecule has 3 nitrogen and oxygen atoms in total. The number of aliphatic hydroxyl groups excluding tert-OH is 1. The first-order valence-corrected chi connectivity index (χ1v) is 8.05. The Labute approximate surface area is 145 Å². The highest BCUT2D eigenvalue weighted by Gasteiger charge is 2.19. The van der Waals surface area contributed by atoms with Crippen molar-refractivity contribution < 1.29 is 27.8 Å². The fourth-order valence-corrected chi connectivity index (χ4v) is 2.15. The van der Waals surface area contributed by atoms with E-state index < -0.39 is 19.2 Å². The fourth-order valence-electron chi connectivity index (χ4n) is 2.15. The molecule has 0 amide bonds. The van der Waals surface area contributed by atoms with Gasteiger partial charge in [-0.25, -0.2) is 13.2 Å². The van der Waals surface area contributed by atoms with Crippen LogP contribution in [0, 0.1) is 0 Å². The number of hydrogen-bond acceptors (Lipinski definition) is 3. The zero-order valence-corrected chi connectivity index (χ0v) is 13.7. The highest BCUT2D eigenvalue weighted by atomic mass is 19.3. The first-order chi connectivity index (χ1) is 12.1. The zero-order valence-electron chi connectivity index (χ0n) is 13.7. The molecule has 0 aliphatic rings. The van der Waals surface area contributed by atoms with Crippen LogP contribution in [0.1, 0.15) is 17.5 Å². The Morgan fingerprint density at radius 3 is 1.80 bits per heavy atom. The second-order valence-corrected chi connectivity index (χ2v) is 5.55. The van der Waals surface area contributed by atoms with E-state index in [4.69, 9.17) is 14.6 Å². The van der Waals surface area contributed by atoms with Gasteiger partial charge in [0.1, 0.15) is 18.1 Å². The number of alkyl halides is 3. The van der Waals surface area contributed by atoms with Crippen LogP contribution in [-0.2, 0) is 6.42 Å². The van der Waals surface area contributed by atoms with Gasteiger partial charge in [0.05, 0.1) is 6.61 Å². The van der Waals surface area contributed by atoms with E-state index in [1.165, 1.54) is 0 Å². The Morgan fingerprint density at radius 2 is 1.32 bits per heavy atom. The molecule has 0 spiro atoms. The van der Waals surface area contributed by atoms with Crippen molar-refractivity contribution in [1.82, 2.24) is 0 Å². The third kappa shape index (κ3) is 6.66. The van der Waals surface area contributed by atoms with Crippen LogP contribution in [0.15, 0.2) is 48.5 Å². The number of hydrogen-bond donors (Lipinski definition) is 1. The van der Waals surface area contributed by atoms with Crippen molar-refractivity contribution in [3.63, 3.8) is 0 Å². The molecule has 0 aliphatic heterocycles. The molecule has 25 heavy (non-hydrogen) atoms. The van der Waals surface area contributed by atoms with Crippen LogP contribution in [0.2, 0.25) is 0 Å². The van der Waals surface area contributed by atoms with E-state index in [1.54, 1.807) is 12.1 Å². The number of rotatable bonds is 10. The zero-order chi connectivity index (χ0) is 18.1. The third-order valence-corrected chi connectivity index (χ3v) is 3.51. The average molecular weight is 354 g/mol. The van der Waals surface area contributed by atoms with Gasteiger partial charge in [0.15, 0.2) is 6.17 Å². The maximum Gasteiger partial charge on any atom is 0.272 e. The van der Waals surface area contributed by atoms with Crippen LogP contribution < -0.4 is 9.47 Å². The molecule has 1 atom stereocenters. The number of benzene rings is 2. The molecule has 2 aromatic rings. The number of aliphatic hydroxyl groups is 1. The molecule has 0 saturated carbocycles. The minimum Gasteiger partial charge on any atom is -0.494 e. The van der Waals surface area contributed by atoms with Gasteiger partial charge in [-0.1, -0.05) is 24.3 Å². The van der Waals surface area contributed by atoms with Crippen molar-refractivity contribution in [2.45, 2.75) is 25.4 Å². The van der Waals surface area contributed by atoms with Gasteiger partial charge in [-0.3, -0.25) is 0 Å². The van der Waals surface area contributed by atoms with E-state index in [0.717, 1.165) is 16.9 Å². The molecular weight excluding hydrogens is 333 g/mol. The molecular formula is C19H21F3O3. The van der Waals surface area contributed by atoms with Crippen LogP contribution in [0.3, 0.4) is 0 Å². The molecule has 0 fully saturated rings. The molecule has 0 aliphatic carbocycles. The van der Waals surface area contributed by atoms with Gasteiger partial charge in [0, 0.05) is 13.0 Å². The smallest absolute Gasteiger partial charge is 0.272 e. The Kier molecular flexibility index (Phi) is 7.60. The Balaban J connectivity index is 1.84. The van der Waals surface area contributed by atoms with Gasteiger partial charge < -0.3 is 14.6 Å². The molecule has 0 aromatic heterocycles. The lowest BCUT2D eigenvalue weighted by molar-refractivity contribution is 0.0231. The van der Waals surface area contributed by atoms with E-state index in [2.05, 4.69) is 0 Å². The lowest BCUT2D eigenvalue weighted by Crippen LogP contribution is -2.20. The van der Waals surface area contributed by atoms with Crippen molar-refractivity contribution in [2.24, 2.45) is 0 Å². The van der Waals surface area contributed by atoms with E-state index in [1.807, 2.05) is 36.4 Å². The van der Waals surface area contributed by atoms with Gasteiger partial charge in [0.2, 0.25) is 0 Å². The Morgan fingerprint density at radius 1 is 0.800 bits per heavy atom. The Bertz CT molecular complexity index is 615. The van der Waals surface area contributed by atoms with Crippen LogP contribution >= 0.6 is 0 Å². The summed E-state index contributed by atoms with van der Waals surface area (Å²) in [5.41, 5.74) is 2.11. The lowest BCUT2D eigenvalue weighted by atomic mass is 10.0. The molecule has 0 heterocycles. The van der Waals surface area contributed by atoms with Crippen molar-refractivity contribution >= 4 is 0 Å². The van der Waals surface area contributed by atoms with Gasteiger partial charge >= 0.3 is 0 Å². The molecule has 0 bridgehead atoms. The molecule has 1 N–H and O–H groups in total. The molecule has 2 rings (SSSR count). The van der Waals surface area contributed by atoms with E-state index in [0.29, 0.717) is 25.2 Å². The predicted molar refractivity (Wildman–Crippen MR) is 89.3 cm³/mol. The molecule has 1 unspecified atom stereocenters. The SMILES string of the molecule is OCCCOc1ccc(Cc2ccc(OCC(F)C(F)F)cc2)cc1. The quantitative estimate of drug-likeness (QED) is 0.655. The third-order valence-electron chi connectivity index (χ3n) is 3.51. The largest absolute Gasteiger partial charge is 0.494 e. The summed E-state index contributed by atoms with van der Waals surface area (Å²) in [6.45, 7) is -0.0801. The highest BCUT2D eigenvalue weighted by molar-refractivity contribution is 5.34. The van der Waals surface area contributed by atoms with Gasteiger partial charge in [-0.2, -0.15) is 0 Å². The number of ether oxygens (including phenoxy) is 2. The molecule has 2 aromatic carbocycles. The minimum atomic E-state index is -3.03. The summed E-state index contributed by atoms with van der Waals surface area (Å²) in [5.74, 6) is 1.11. The van der Waals surface area contributed by atoms with Crippen molar-refractivity contribution in [2.75, 3.05) is 19.8 Å². The van der Waals surface area contributed by atoms with Crippen LogP contribution in [0.25, 0.3) is 0 Å². The van der Waals surface area contributed by atoms with E-state index in [9.17, 15) is 13.2 Å². The summed E-state index contributed by atoms with van der Waals surface area (Å²) < 4.78 is 47.4. The average Bonchev–Trinajstić information content (AvgIpc) is 2.62. The maximum absolute atomic E-state index is 12.8. The van der Waals surface area contributed by atoms with Crippen molar-refractivity contribution in [3.05, 3.63) is 59.7 Å². The second kappa shape index (κ2) is 9.93. The summed E-state index contributed by atoms with van der Waals surface area (Å²) in [4.78, 5) is 0. The predicted octanol–water partition coefficient (Wildman–Crippen LogP) is 4.02. The molecule has 6 heteroatoms. The van der Waals surface area contributed by atoms with Crippen LogP contribution in [-0.4, -0.2) is 37.5 Å². The lowest BCUT2D eigenvalue weighted by Gasteiger charge is -2.10. The summed E-state index contributed by atoms with van der Waals surface area (Å²) in [5, 5.41) is 8.72. The maximum atomic E-state index is 12.8. The fraction of sp³-hybridized carbons (Fsp3) is 0.368. The second-order valence-electron chi connectivity index (χ2n) is 5.55. The monoisotopic (exact) mass is 354 g/mol. The summed E-state index contributed by atoms with van der Waals surface area (Å²) >= 11 is 0. The van der Waals surface area contributed by atoms with Crippen LogP contribution in [0.4, 0.5) is 13.2 Å². The van der Waals surface area contributed by atoms with Gasteiger partial charge in [-0.05, 0) is 41.8 Å². The minimum absolute atomic E-state index is 0.103. The highest BCUT2D eigenvalue weighted by Crippen LogP contribution is 2.18. The van der Waals surface area contributed by atoms with Gasteiger partial charge in [0.25, 0.3) is 6.43 Å². The summed E-state index contributed by atoms with van der Waals surface area (Å²) in [7, 11) is 0. The first-order valence-electron chi connectivity index (χ1n) is 8.05. The number of halogens is 3. The van der Waals surface area contributed by atoms with Gasteiger partial charge in [-0.15, -0.1) is 0 Å². The van der Waals surface area contributed by atoms with Crippen molar-refractivity contribution in [1.29, 1.82) is 0 Å². The van der Waals surface area contributed by atoms with Crippen LogP contribution in [0.5, 0.6) is 11.5 Å². The standard InChI is InChI=1S/C19H21F3O3/c20-18(19(21)22)13-25-17-8-4-15(5-9-17)12-14-2-6-16(7-3-14)24-11-1-10-23/h2-9,18-19,23H,1,10-13H2. The van der Waals surface area contributed by atoms with E-state index in [-0.39, 0.29) is 6.61 Å². The Hall–Kier alpha value is -2.21. The normalized spacial score (nSPS) is 12.2. The van der Waals surface area contributed by atoms with E-state index >= 15 is 0 Å². The topological polar surface area (TPSA) is 38.7 Å². The molecule has 0 saturated heterocycles. The molecule has 0 radical (unpaired) electrons. The summed E-state index contributed by atoms with van der Waals surface area (Å²) in [6.07, 6.45) is -4.02. The summed E-state index contributed by atoms with van der Waals surface area (Å²) in [6, 6.07) is 14.6. The molecule has 136 valence electrons. The van der Waals surface area contributed by atoms with Crippen molar-refractivity contribution in [3.8, 4) is 11.5 Å².